The Morgan fingerprint density at radius 2 is 2.03 bits per heavy atom. The third-order valence-corrected chi connectivity index (χ3v) is 5.47. The second-order valence-electron chi connectivity index (χ2n) is 6.59. The monoisotopic (exact) mass is 446 g/mol. The Hall–Kier alpha value is -3.47. The van der Waals surface area contributed by atoms with E-state index in [9.17, 15) is 18.0 Å². The SMILES string of the molecule is CCN(CC(=O)Nc1ccccc1C(F)(F)F)c1nn2cc(-c3cccnc3)nc2s1. The molecular weight excluding hydrogens is 429 g/mol. The van der Waals surface area contributed by atoms with Crippen LogP contribution in [0.4, 0.5) is 24.0 Å². The van der Waals surface area contributed by atoms with E-state index in [2.05, 4.69) is 20.4 Å². The Morgan fingerprint density at radius 3 is 2.71 bits per heavy atom. The van der Waals surface area contributed by atoms with Gasteiger partial charge in [0.1, 0.15) is 0 Å². The number of hydrogen-bond acceptors (Lipinski definition) is 6. The lowest BCUT2D eigenvalue weighted by Gasteiger charge is -2.19. The number of benzene rings is 1. The summed E-state index contributed by atoms with van der Waals surface area (Å²) in [6.07, 6.45) is 0.588. The molecule has 0 radical (unpaired) electrons. The number of rotatable bonds is 6. The fourth-order valence-corrected chi connectivity index (χ4v) is 3.93. The predicted molar refractivity (Wildman–Crippen MR) is 112 cm³/mol. The van der Waals surface area contributed by atoms with Crippen molar-refractivity contribution in [3.63, 3.8) is 0 Å². The van der Waals surface area contributed by atoms with E-state index < -0.39 is 17.6 Å². The van der Waals surface area contributed by atoms with Gasteiger partial charge in [-0.15, -0.1) is 5.10 Å². The first-order valence-electron chi connectivity index (χ1n) is 9.33. The highest BCUT2D eigenvalue weighted by molar-refractivity contribution is 7.20. The molecule has 1 aromatic carbocycles. The normalized spacial score (nSPS) is 11.6. The van der Waals surface area contributed by atoms with E-state index in [1.807, 2.05) is 19.1 Å². The van der Waals surface area contributed by atoms with E-state index in [0.29, 0.717) is 16.6 Å². The number of halogens is 3. The average Bonchev–Trinajstić information content (AvgIpc) is 3.31. The van der Waals surface area contributed by atoms with Crippen LogP contribution in [0.1, 0.15) is 12.5 Å². The first-order chi connectivity index (χ1) is 14.8. The number of aromatic nitrogens is 4. The van der Waals surface area contributed by atoms with Gasteiger partial charge in [0, 0.05) is 24.5 Å². The van der Waals surface area contributed by atoms with Crippen LogP contribution >= 0.6 is 11.3 Å². The minimum atomic E-state index is -4.55. The molecule has 4 rings (SSSR count). The first kappa shape index (κ1) is 20.8. The fraction of sp³-hybridized carbons (Fsp3) is 0.200. The molecule has 0 atom stereocenters. The lowest BCUT2D eigenvalue weighted by Crippen LogP contribution is -2.33. The molecule has 1 amide bonds. The molecule has 31 heavy (non-hydrogen) atoms. The van der Waals surface area contributed by atoms with Crippen LogP contribution in [0.5, 0.6) is 0 Å². The van der Waals surface area contributed by atoms with E-state index in [-0.39, 0.29) is 12.2 Å². The molecule has 1 N–H and O–H groups in total. The third-order valence-electron chi connectivity index (χ3n) is 4.48. The van der Waals surface area contributed by atoms with Crippen molar-refractivity contribution in [3.8, 4) is 11.3 Å². The largest absolute Gasteiger partial charge is 0.418 e. The molecule has 160 valence electrons. The molecule has 0 spiro atoms. The number of amides is 1. The van der Waals surface area contributed by atoms with Crippen LogP contribution in [-0.4, -0.2) is 38.6 Å². The summed E-state index contributed by atoms with van der Waals surface area (Å²) in [5.41, 5.74) is 0.424. The summed E-state index contributed by atoms with van der Waals surface area (Å²) >= 11 is 1.29. The maximum atomic E-state index is 13.1. The molecule has 3 aromatic heterocycles. The Bertz CT molecular complexity index is 1170. The summed E-state index contributed by atoms with van der Waals surface area (Å²) in [6, 6.07) is 8.59. The van der Waals surface area contributed by atoms with Gasteiger partial charge in [-0.1, -0.05) is 23.5 Å². The summed E-state index contributed by atoms with van der Waals surface area (Å²) in [7, 11) is 0. The van der Waals surface area contributed by atoms with Crippen molar-refractivity contribution in [1.29, 1.82) is 0 Å². The Balaban J connectivity index is 1.50. The number of fused-ring (bicyclic) bond motifs is 1. The zero-order valence-corrected chi connectivity index (χ0v) is 17.1. The van der Waals surface area contributed by atoms with Gasteiger partial charge in [-0.2, -0.15) is 13.2 Å². The zero-order valence-electron chi connectivity index (χ0n) is 16.3. The smallest absolute Gasteiger partial charge is 0.338 e. The molecule has 0 aliphatic carbocycles. The Kier molecular flexibility index (Phi) is 5.59. The maximum Gasteiger partial charge on any atom is 0.418 e. The molecule has 3 heterocycles. The van der Waals surface area contributed by atoms with Crippen molar-refractivity contribution >= 4 is 33.0 Å². The van der Waals surface area contributed by atoms with Gasteiger partial charge in [0.15, 0.2) is 0 Å². The summed E-state index contributed by atoms with van der Waals surface area (Å²) in [5.74, 6) is -0.567. The van der Waals surface area contributed by atoms with Gasteiger partial charge in [0.05, 0.1) is 29.7 Å². The quantitative estimate of drug-likeness (QED) is 0.477. The van der Waals surface area contributed by atoms with Crippen molar-refractivity contribution in [2.75, 3.05) is 23.3 Å². The van der Waals surface area contributed by atoms with Gasteiger partial charge >= 0.3 is 6.18 Å². The van der Waals surface area contributed by atoms with Crippen LogP contribution in [0.2, 0.25) is 0 Å². The van der Waals surface area contributed by atoms with Gasteiger partial charge in [-0.25, -0.2) is 9.50 Å². The minimum absolute atomic E-state index is 0.144. The average molecular weight is 446 g/mol. The Labute approximate surface area is 179 Å². The van der Waals surface area contributed by atoms with E-state index in [0.717, 1.165) is 17.3 Å². The lowest BCUT2D eigenvalue weighted by molar-refractivity contribution is -0.137. The van der Waals surface area contributed by atoms with Crippen molar-refractivity contribution < 1.29 is 18.0 Å². The van der Waals surface area contributed by atoms with Gasteiger partial charge in [0.2, 0.25) is 16.0 Å². The molecule has 0 unspecified atom stereocenters. The second-order valence-corrected chi connectivity index (χ2v) is 7.52. The number of nitrogens with zero attached hydrogens (tertiary/aromatic N) is 5. The lowest BCUT2D eigenvalue weighted by atomic mass is 10.1. The van der Waals surface area contributed by atoms with Crippen molar-refractivity contribution in [2.45, 2.75) is 13.1 Å². The van der Waals surface area contributed by atoms with Gasteiger partial charge < -0.3 is 10.2 Å². The molecule has 4 aromatic rings. The number of likely N-dealkylation sites (N-methyl/N-ethyl adjacent to an activating group) is 1. The summed E-state index contributed by atoms with van der Waals surface area (Å²) < 4.78 is 41.1. The van der Waals surface area contributed by atoms with E-state index in [1.165, 1.54) is 29.5 Å². The molecule has 0 aliphatic heterocycles. The topological polar surface area (TPSA) is 75.4 Å². The fourth-order valence-electron chi connectivity index (χ4n) is 2.99. The molecule has 11 heteroatoms. The minimum Gasteiger partial charge on any atom is -0.338 e. The Morgan fingerprint density at radius 1 is 1.23 bits per heavy atom. The number of carbonyl (C=O) groups is 1. The van der Waals surface area contributed by atoms with Crippen molar-refractivity contribution in [2.24, 2.45) is 0 Å². The molecule has 0 bridgehead atoms. The second kappa shape index (κ2) is 8.34. The maximum absolute atomic E-state index is 13.1. The predicted octanol–water partition coefficient (Wildman–Crippen LogP) is 4.34. The van der Waals surface area contributed by atoms with Crippen molar-refractivity contribution in [3.05, 3.63) is 60.6 Å². The van der Waals surface area contributed by atoms with Crippen LogP contribution < -0.4 is 10.2 Å². The number of alkyl halides is 3. The van der Waals surface area contributed by atoms with E-state index in [1.54, 1.807) is 28.0 Å². The van der Waals surface area contributed by atoms with E-state index in [4.69, 9.17) is 0 Å². The van der Waals surface area contributed by atoms with Crippen molar-refractivity contribution in [1.82, 2.24) is 19.6 Å². The first-order valence-corrected chi connectivity index (χ1v) is 10.1. The highest BCUT2D eigenvalue weighted by Gasteiger charge is 2.33. The number of hydrogen-bond donors (Lipinski definition) is 1. The highest BCUT2D eigenvalue weighted by atomic mass is 32.1. The van der Waals surface area contributed by atoms with Crippen LogP contribution in [0, 0.1) is 0 Å². The molecule has 0 aliphatic rings. The standard InChI is InChI=1S/C20H17F3N6OS/c1-2-28(12-17(30)25-15-8-4-3-7-14(15)20(21,22)23)19-27-29-11-16(26-18(29)31-19)13-6-5-9-24-10-13/h3-11H,2,12H2,1H3,(H,25,30). The van der Waals surface area contributed by atoms with Crippen LogP contribution in [-0.2, 0) is 11.0 Å². The number of nitrogens with one attached hydrogen (secondary N) is 1. The summed E-state index contributed by atoms with van der Waals surface area (Å²) in [6.45, 7) is 2.14. The third kappa shape index (κ3) is 4.50. The van der Waals surface area contributed by atoms with Crippen LogP contribution in [0.25, 0.3) is 16.2 Å². The number of pyridine rings is 1. The van der Waals surface area contributed by atoms with Crippen LogP contribution in [0.3, 0.4) is 0 Å². The number of imidazole rings is 1. The number of carbonyl (C=O) groups excluding carboxylic acids is 1. The number of anilines is 2. The van der Waals surface area contributed by atoms with Gasteiger partial charge in [0.25, 0.3) is 0 Å². The molecular formula is C20H17F3N6OS. The number of para-hydroxylation sites is 1. The van der Waals surface area contributed by atoms with Gasteiger partial charge in [-0.3, -0.25) is 9.78 Å². The zero-order chi connectivity index (χ0) is 22.0. The molecule has 7 nitrogen and oxygen atoms in total. The summed E-state index contributed by atoms with van der Waals surface area (Å²) in [5, 5.41) is 7.37. The van der Waals surface area contributed by atoms with Crippen LogP contribution in [0.15, 0.2) is 55.0 Å². The summed E-state index contributed by atoms with van der Waals surface area (Å²) in [4.78, 5) is 23.4. The highest BCUT2D eigenvalue weighted by Crippen LogP contribution is 2.34. The molecule has 0 saturated carbocycles. The molecule has 0 fully saturated rings. The van der Waals surface area contributed by atoms with E-state index >= 15 is 0 Å². The molecule has 0 saturated heterocycles. The van der Waals surface area contributed by atoms with Gasteiger partial charge in [-0.05, 0) is 31.2 Å².